The van der Waals surface area contributed by atoms with Crippen LogP contribution in [0.25, 0.3) is 0 Å². The molecule has 2 aromatic rings. The molecule has 0 spiro atoms. The summed E-state index contributed by atoms with van der Waals surface area (Å²) >= 11 is 0. The van der Waals surface area contributed by atoms with Gasteiger partial charge in [-0.1, -0.05) is 6.07 Å². The molecule has 1 aliphatic heterocycles. The molecule has 3 nitrogen and oxygen atoms in total. The fraction of sp³-hybridized carbons (Fsp3) is 0.294. The average molecular weight is 288 g/mol. The minimum absolute atomic E-state index is 0.293. The van der Waals surface area contributed by atoms with Gasteiger partial charge in [0.2, 0.25) is 0 Å². The van der Waals surface area contributed by atoms with Gasteiger partial charge in [-0.3, -0.25) is 0 Å². The van der Waals surface area contributed by atoms with Crippen molar-refractivity contribution in [3.63, 3.8) is 0 Å². The highest BCUT2D eigenvalue weighted by Crippen LogP contribution is 2.41. The predicted molar refractivity (Wildman–Crippen MR) is 77.1 cm³/mol. The van der Waals surface area contributed by atoms with Crippen LogP contribution in [-0.4, -0.2) is 12.2 Å². The van der Waals surface area contributed by atoms with Gasteiger partial charge in [0.1, 0.15) is 23.4 Å². The summed E-state index contributed by atoms with van der Waals surface area (Å²) in [6.45, 7) is 1.95. The van der Waals surface area contributed by atoms with Crippen molar-refractivity contribution in [2.75, 3.05) is 7.11 Å². The Labute approximate surface area is 122 Å². The molecule has 0 fully saturated rings. The SMILES string of the molecule is COc1ccc(C2CC(O)c3ccc(F)cc3O2)cc1C. The van der Waals surface area contributed by atoms with Crippen LogP contribution in [0.15, 0.2) is 36.4 Å². The topological polar surface area (TPSA) is 38.7 Å². The number of ether oxygens (including phenoxy) is 2. The van der Waals surface area contributed by atoms with Crippen LogP contribution < -0.4 is 9.47 Å². The Balaban J connectivity index is 1.93. The molecular weight excluding hydrogens is 271 g/mol. The third kappa shape index (κ3) is 2.59. The standard InChI is InChI=1S/C17H17FO3/c1-10-7-11(3-6-15(10)20-2)16-9-14(19)13-5-4-12(18)8-17(13)21-16/h3-8,14,16,19H,9H2,1-2H3. The predicted octanol–water partition coefficient (Wildman–Crippen LogP) is 3.70. The van der Waals surface area contributed by atoms with Gasteiger partial charge in [0.15, 0.2) is 0 Å². The Hall–Kier alpha value is -2.07. The highest BCUT2D eigenvalue weighted by molar-refractivity contribution is 5.41. The molecule has 1 aliphatic rings. The summed E-state index contributed by atoms with van der Waals surface area (Å²) in [5.41, 5.74) is 2.58. The zero-order chi connectivity index (χ0) is 15.0. The van der Waals surface area contributed by atoms with Crippen LogP contribution in [0.5, 0.6) is 11.5 Å². The van der Waals surface area contributed by atoms with Crippen LogP contribution in [-0.2, 0) is 0 Å². The lowest BCUT2D eigenvalue weighted by atomic mass is 9.94. The molecule has 1 N–H and O–H groups in total. The zero-order valence-corrected chi connectivity index (χ0v) is 12.0. The number of fused-ring (bicyclic) bond motifs is 1. The van der Waals surface area contributed by atoms with E-state index in [4.69, 9.17) is 9.47 Å². The maximum absolute atomic E-state index is 13.3. The van der Waals surface area contributed by atoms with Crippen molar-refractivity contribution in [2.45, 2.75) is 25.6 Å². The van der Waals surface area contributed by atoms with Crippen LogP contribution in [0.1, 0.15) is 35.3 Å². The second kappa shape index (κ2) is 5.37. The number of methoxy groups -OCH3 is 1. The van der Waals surface area contributed by atoms with Gasteiger partial charge in [-0.05, 0) is 42.3 Å². The molecule has 0 radical (unpaired) electrons. The number of aryl methyl sites for hydroxylation is 1. The van der Waals surface area contributed by atoms with E-state index in [1.807, 2.05) is 25.1 Å². The van der Waals surface area contributed by atoms with Crippen LogP contribution in [0.4, 0.5) is 4.39 Å². The van der Waals surface area contributed by atoms with Crippen molar-refractivity contribution in [3.8, 4) is 11.5 Å². The van der Waals surface area contributed by atoms with E-state index in [0.717, 1.165) is 16.9 Å². The summed E-state index contributed by atoms with van der Waals surface area (Å²) in [6, 6.07) is 9.99. The van der Waals surface area contributed by atoms with Crippen LogP contribution in [0.2, 0.25) is 0 Å². The highest BCUT2D eigenvalue weighted by Gasteiger charge is 2.28. The fourth-order valence-corrected chi connectivity index (χ4v) is 2.72. The van der Waals surface area contributed by atoms with E-state index in [1.54, 1.807) is 13.2 Å². The van der Waals surface area contributed by atoms with Crippen molar-refractivity contribution in [1.29, 1.82) is 0 Å². The first-order valence-electron chi connectivity index (χ1n) is 6.87. The molecule has 1 heterocycles. The van der Waals surface area contributed by atoms with Gasteiger partial charge in [0.05, 0.1) is 13.2 Å². The lowest BCUT2D eigenvalue weighted by molar-refractivity contribution is 0.0653. The summed E-state index contributed by atoms with van der Waals surface area (Å²) < 4.78 is 24.4. The van der Waals surface area contributed by atoms with E-state index in [-0.39, 0.29) is 11.9 Å². The van der Waals surface area contributed by atoms with Crippen molar-refractivity contribution in [3.05, 3.63) is 58.9 Å². The molecule has 0 aliphatic carbocycles. The first kappa shape index (κ1) is 13.9. The maximum Gasteiger partial charge on any atom is 0.128 e. The highest BCUT2D eigenvalue weighted by atomic mass is 19.1. The van der Waals surface area contributed by atoms with Crippen LogP contribution >= 0.6 is 0 Å². The lowest BCUT2D eigenvalue weighted by Crippen LogP contribution is -2.19. The first-order chi connectivity index (χ1) is 10.1. The van der Waals surface area contributed by atoms with Gasteiger partial charge in [-0.15, -0.1) is 0 Å². The summed E-state index contributed by atoms with van der Waals surface area (Å²) in [5.74, 6) is 0.848. The molecule has 0 aromatic heterocycles. The van der Waals surface area contributed by atoms with E-state index in [1.165, 1.54) is 12.1 Å². The molecule has 2 unspecified atom stereocenters. The van der Waals surface area contributed by atoms with E-state index >= 15 is 0 Å². The second-order valence-corrected chi connectivity index (χ2v) is 5.27. The van der Waals surface area contributed by atoms with Gasteiger partial charge < -0.3 is 14.6 Å². The summed E-state index contributed by atoms with van der Waals surface area (Å²) in [6.07, 6.45) is -0.495. The number of hydrogen-bond acceptors (Lipinski definition) is 3. The van der Waals surface area contributed by atoms with E-state index in [0.29, 0.717) is 17.7 Å². The molecule has 4 heteroatoms. The van der Waals surface area contributed by atoms with Crippen molar-refractivity contribution in [1.82, 2.24) is 0 Å². The van der Waals surface area contributed by atoms with Crippen LogP contribution in [0, 0.1) is 12.7 Å². The molecule has 0 amide bonds. The molecule has 2 aromatic carbocycles. The molecule has 21 heavy (non-hydrogen) atoms. The number of benzene rings is 2. The lowest BCUT2D eigenvalue weighted by Gasteiger charge is -2.30. The molecule has 0 bridgehead atoms. The quantitative estimate of drug-likeness (QED) is 0.915. The van der Waals surface area contributed by atoms with Gasteiger partial charge in [0, 0.05) is 18.1 Å². The number of rotatable bonds is 2. The van der Waals surface area contributed by atoms with Crippen molar-refractivity contribution in [2.24, 2.45) is 0 Å². The Morgan fingerprint density at radius 3 is 2.76 bits per heavy atom. The van der Waals surface area contributed by atoms with Gasteiger partial charge >= 0.3 is 0 Å². The van der Waals surface area contributed by atoms with E-state index < -0.39 is 6.10 Å². The number of halogens is 1. The monoisotopic (exact) mass is 288 g/mol. The first-order valence-corrected chi connectivity index (χ1v) is 6.87. The fourth-order valence-electron chi connectivity index (χ4n) is 2.72. The minimum atomic E-state index is -0.651. The summed E-state index contributed by atoms with van der Waals surface area (Å²) in [4.78, 5) is 0. The molecule has 0 saturated carbocycles. The Morgan fingerprint density at radius 1 is 1.24 bits per heavy atom. The largest absolute Gasteiger partial charge is 0.496 e. The number of aliphatic hydroxyl groups is 1. The Morgan fingerprint density at radius 2 is 2.05 bits per heavy atom. The Kier molecular flexibility index (Phi) is 3.55. The van der Waals surface area contributed by atoms with Crippen LogP contribution in [0.3, 0.4) is 0 Å². The Bertz CT molecular complexity index is 669. The number of hydrogen-bond donors (Lipinski definition) is 1. The average Bonchev–Trinajstić information content (AvgIpc) is 2.46. The molecule has 110 valence electrons. The third-order valence-corrected chi connectivity index (χ3v) is 3.83. The molecule has 0 saturated heterocycles. The summed E-state index contributed by atoms with van der Waals surface area (Å²) in [7, 11) is 1.63. The van der Waals surface area contributed by atoms with E-state index in [9.17, 15) is 9.50 Å². The summed E-state index contributed by atoms with van der Waals surface area (Å²) in [5, 5.41) is 10.2. The van der Waals surface area contributed by atoms with Crippen molar-refractivity contribution < 1.29 is 19.0 Å². The third-order valence-electron chi connectivity index (χ3n) is 3.83. The van der Waals surface area contributed by atoms with Gasteiger partial charge in [0.25, 0.3) is 0 Å². The smallest absolute Gasteiger partial charge is 0.128 e. The minimum Gasteiger partial charge on any atom is -0.496 e. The van der Waals surface area contributed by atoms with Gasteiger partial charge in [-0.2, -0.15) is 0 Å². The van der Waals surface area contributed by atoms with Crippen molar-refractivity contribution >= 4 is 0 Å². The molecule has 3 rings (SSSR count). The molecule has 2 atom stereocenters. The normalized spacial score (nSPS) is 20.6. The zero-order valence-electron chi connectivity index (χ0n) is 12.0. The second-order valence-electron chi connectivity index (χ2n) is 5.27. The maximum atomic E-state index is 13.3. The van der Waals surface area contributed by atoms with Gasteiger partial charge in [-0.25, -0.2) is 4.39 Å². The number of aliphatic hydroxyl groups excluding tert-OH is 1. The van der Waals surface area contributed by atoms with E-state index in [2.05, 4.69) is 0 Å². The molecular formula is C17H17FO3.